The van der Waals surface area contributed by atoms with E-state index in [-0.39, 0.29) is 11.4 Å². The predicted octanol–water partition coefficient (Wildman–Crippen LogP) is 1.62. The molecule has 1 aliphatic carbocycles. The fourth-order valence-corrected chi connectivity index (χ4v) is 3.68. The average Bonchev–Trinajstić information content (AvgIpc) is 2.93. The standard InChI is InChI=1S/C13H22N2O3S/c1-2-11-3-6-13(16,7-4-11)10-15-19(17,18)12-5-8-14-9-12/h5,8-9,11,14-16H,2-4,6-7,10H2,1H3. The highest BCUT2D eigenvalue weighted by Crippen LogP contribution is 2.33. The van der Waals surface area contributed by atoms with Gasteiger partial charge < -0.3 is 10.1 Å². The van der Waals surface area contributed by atoms with Gasteiger partial charge in [-0.25, -0.2) is 13.1 Å². The van der Waals surface area contributed by atoms with Crippen molar-refractivity contribution in [3.8, 4) is 0 Å². The van der Waals surface area contributed by atoms with Crippen LogP contribution in [-0.2, 0) is 10.0 Å². The molecular weight excluding hydrogens is 264 g/mol. The van der Waals surface area contributed by atoms with E-state index in [9.17, 15) is 13.5 Å². The van der Waals surface area contributed by atoms with Crippen molar-refractivity contribution >= 4 is 10.0 Å². The number of rotatable bonds is 5. The van der Waals surface area contributed by atoms with Gasteiger partial charge in [-0.15, -0.1) is 0 Å². The molecule has 108 valence electrons. The fourth-order valence-electron chi connectivity index (χ4n) is 2.59. The number of H-pyrrole nitrogens is 1. The Morgan fingerprint density at radius 3 is 2.68 bits per heavy atom. The molecule has 5 nitrogen and oxygen atoms in total. The Balaban J connectivity index is 1.92. The monoisotopic (exact) mass is 286 g/mol. The number of aliphatic hydroxyl groups is 1. The van der Waals surface area contributed by atoms with Crippen molar-refractivity contribution in [1.29, 1.82) is 0 Å². The Bertz CT molecular complexity index is 488. The summed E-state index contributed by atoms with van der Waals surface area (Å²) in [7, 11) is -3.51. The van der Waals surface area contributed by atoms with Crippen molar-refractivity contribution in [3.05, 3.63) is 18.5 Å². The molecule has 1 heterocycles. The van der Waals surface area contributed by atoms with E-state index < -0.39 is 15.6 Å². The Morgan fingerprint density at radius 1 is 1.47 bits per heavy atom. The minimum absolute atomic E-state index is 0.0942. The summed E-state index contributed by atoms with van der Waals surface area (Å²) in [5, 5.41) is 10.4. The lowest BCUT2D eigenvalue weighted by molar-refractivity contribution is -0.00442. The highest BCUT2D eigenvalue weighted by molar-refractivity contribution is 7.89. The van der Waals surface area contributed by atoms with Crippen molar-refractivity contribution in [2.24, 2.45) is 5.92 Å². The lowest BCUT2D eigenvalue weighted by atomic mass is 9.78. The van der Waals surface area contributed by atoms with Crippen molar-refractivity contribution in [1.82, 2.24) is 9.71 Å². The van der Waals surface area contributed by atoms with Crippen LogP contribution in [0.15, 0.2) is 23.4 Å². The number of hydrogen-bond acceptors (Lipinski definition) is 3. The molecule has 0 saturated heterocycles. The second-order valence-corrected chi connectivity index (χ2v) is 7.21. The minimum Gasteiger partial charge on any atom is -0.389 e. The van der Waals surface area contributed by atoms with Crippen LogP contribution < -0.4 is 4.72 Å². The lowest BCUT2D eigenvalue weighted by Gasteiger charge is -2.35. The second-order valence-electron chi connectivity index (χ2n) is 5.45. The van der Waals surface area contributed by atoms with Crippen LogP contribution in [0.4, 0.5) is 0 Å². The Kier molecular flexibility index (Phi) is 4.32. The topological polar surface area (TPSA) is 82.2 Å². The van der Waals surface area contributed by atoms with E-state index in [2.05, 4.69) is 16.6 Å². The maximum atomic E-state index is 12.0. The summed E-state index contributed by atoms with van der Waals surface area (Å²) in [4.78, 5) is 2.92. The molecule has 0 amide bonds. The van der Waals surface area contributed by atoms with Gasteiger partial charge in [0, 0.05) is 18.9 Å². The van der Waals surface area contributed by atoms with E-state index in [0.717, 1.165) is 19.3 Å². The quantitative estimate of drug-likeness (QED) is 0.769. The van der Waals surface area contributed by atoms with Crippen molar-refractivity contribution < 1.29 is 13.5 Å². The number of aromatic amines is 1. The molecule has 6 heteroatoms. The van der Waals surface area contributed by atoms with E-state index in [4.69, 9.17) is 0 Å². The molecular formula is C13H22N2O3S. The van der Waals surface area contributed by atoms with Gasteiger partial charge in [-0.1, -0.05) is 13.3 Å². The normalized spacial score (nSPS) is 28.4. The predicted molar refractivity (Wildman–Crippen MR) is 73.2 cm³/mol. The molecule has 0 atom stereocenters. The molecule has 0 aromatic carbocycles. The molecule has 0 radical (unpaired) electrons. The molecule has 1 aliphatic rings. The van der Waals surface area contributed by atoms with Crippen molar-refractivity contribution in [3.63, 3.8) is 0 Å². The van der Waals surface area contributed by atoms with Gasteiger partial charge in [0.1, 0.15) is 0 Å². The van der Waals surface area contributed by atoms with E-state index in [0.29, 0.717) is 18.8 Å². The average molecular weight is 286 g/mol. The Labute approximate surface area is 114 Å². The van der Waals surface area contributed by atoms with Gasteiger partial charge in [-0.05, 0) is 37.7 Å². The molecule has 0 spiro atoms. The summed E-state index contributed by atoms with van der Waals surface area (Å²) in [6, 6.07) is 1.50. The number of aromatic nitrogens is 1. The molecule has 1 aromatic rings. The zero-order valence-electron chi connectivity index (χ0n) is 11.2. The molecule has 3 N–H and O–H groups in total. The first kappa shape index (κ1) is 14.6. The molecule has 0 bridgehead atoms. The minimum atomic E-state index is -3.51. The molecule has 1 saturated carbocycles. The number of sulfonamides is 1. The maximum Gasteiger partial charge on any atom is 0.242 e. The van der Waals surface area contributed by atoms with Gasteiger partial charge in [0.2, 0.25) is 10.0 Å². The third-order valence-electron chi connectivity index (χ3n) is 4.08. The third kappa shape index (κ3) is 3.58. The number of hydrogen-bond donors (Lipinski definition) is 3. The zero-order chi connectivity index (χ0) is 13.9. The smallest absolute Gasteiger partial charge is 0.242 e. The highest BCUT2D eigenvalue weighted by atomic mass is 32.2. The van der Waals surface area contributed by atoms with E-state index in [1.54, 1.807) is 6.20 Å². The van der Waals surface area contributed by atoms with Gasteiger partial charge in [-0.3, -0.25) is 0 Å². The fraction of sp³-hybridized carbons (Fsp3) is 0.692. The zero-order valence-corrected chi connectivity index (χ0v) is 12.0. The molecule has 0 unspecified atom stereocenters. The highest BCUT2D eigenvalue weighted by Gasteiger charge is 2.33. The molecule has 2 rings (SSSR count). The first-order valence-electron chi connectivity index (χ1n) is 6.80. The van der Waals surface area contributed by atoms with Gasteiger partial charge in [0.05, 0.1) is 10.5 Å². The first-order chi connectivity index (χ1) is 8.95. The summed E-state index contributed by atoms with van der Waals surface area (Å²) >= 11 is 0. The van der Waals surface area contributed by atoms with Gasteiger partial charge in [0.25, 0.3) is 0 Å². The van der Waals surface area contributed by atoms with E-state index in [1.807, 2.05) is 0 Å². The largest absolute Gasteiger partial charge is 0.389 e. The summed E-state index contributed by atoms with van der Waals surface area (Å²) in [5.74, 6) is 0.668. The molecule has 1 aromatic heterocycles. The Hall–Kier alpha value is -0.850. The van der Waals surface area contributed by atoms with Gasteiger partial charge >= 0.3 is 0 Å². The second kappa shape index (κ2) is 5.64. The summed E-state index contributed by atoms with van der Waals surface area (Å²) in [5.41, 5.74) is -0.894. The Morgan fingerprint density at radius 2 is 2.16 bits per heavy atom. The first-order valence-corrected chi connectivity index (χ1v) is 8.28. The van der Waals surface area contributed by atoms with Crippen molar-refractivity contribution in [2.75, 3.05) is 6.54 Å². The van der Waals surface area contributed by atoms with Crippen LogP contribution in [0.3, 0.4) is 0 Å². The maximum absolute atomic E-state index is 12.0. The SMILES string of the molecule is CCC1CCC(O)(CNS(=O)(=O)c2cc[nH]c2)CC1. The van der Waals surface area contributed by atoms with Crippen LogP contribution in [0.25, 0.3) is 0 Å². The summed E-state index contributed by atoms with van der Waals surface area (Å²) in [6.45, 7) is 2.25. The molecule has 19 heavy (non-hydrogen) atoms. The summed E-state index contributed by atoms with van der Waals surface area (Å²) < 4.78 is 26.4. The summed E-state index contributed by atoms with van der Waals surface area (Å²) in [6.07, 6.45) is 7.40. The van der Waals surface area contributed by atoms with Crippen LogP contribution in [0.5, 0.6) is 0 Å². The molecule has 0 aliphatic heterocycles. The van der Waals surface area contributed by atoms with E-state index >= 15 is 0 Å². The third-order valence-corrected chi connectivity index (χ3v) is 5.48. The number of nitrogens with one attached hydrogen (secondary N) is 2. The van der Waals surface area contributed by atoms with Crippen LogP contribution >= 0.6 is 0 Å². The molecule has 1 fully saturated rings. The van der Waals surface area contributed by atoms with Crippen LogP contribution in [0.2, 0.25) is 0 Å². The lowest BCUT2D eigenvalue weighted by Crippen LogP contribution is -2.45. The van der Waals surface area contributed by atoms with Gasteiger partial charge in [0.15, 0.2) is 0 Å². The van der Waals surface area contributed by atoms with Crippen LogP contribution in [0, 0.1) is 5.92 Å². The van der Waals surface area contributed by atoms with Crippen LogP contribution in [0.1, 0.15) is 39.0 Å². The van der Waals surface area contributed by atoms with Crippen LogP contribution in [-0.4, -0.2) is 30.7 Å². The van der Waals surface area contributed by atoms with Crippen molar-refractivity contribution in [2.45, 2.75) is 49.5 Å². The van der Waals surface area contributed by atoms with Gasteiger partial charge in [-0.2, -0.15) is 0 Å². The van der Waals surface area contributed by atoms with E-state index in [1.165, 1.54) is 12.3 Å².